The predicted molar refractivity (Wildman–Crippen MR) is 119 cm³/mol. The number of amides is 1. The first kappa shape index (κ1) is 22.5. The molecule has 0 saturated heterocycles. The first-order chi connectivity index (χ1) is 14.1. The number of rotatable bonds is 10. The van der Waals surface area contributed by atoms with Crippen LogP contribution in [0.5, 0.6) is 11.5 Å². The average Bonchev–Trinajstić information content (AvgIpc) is 2.73. The number of nitrogens with zero attached hydrogens (tertiary/aromatic N) is 1. The summed E-state index contributed by atoms with van der Waals surface area (Å²) in [7, 11) is 1.56. The van der Waals surface area contributed by atoms with Gasteiger partial charge in [0.25, 0.3) is 5.91 Å². The molecule has 0 radical (unpaired) electrons. The van der Waals surface area contributed by atoms with E-state index in [1.807, 2.05) is 24.3 Å². The molecule has 0 aliphatic heterocycles. The molecule has 1 N–H and O–H groups in total. The van der Waals surface area contributed by atoms with Gasteiger partial charge in [0.2, 0.25) is 0 Å². The van der Waals surface area contributed by atoms with Gasteiger partial charge in [-0.1, -0.05) is 44.4 Å². The Kier molecular flexibility index (Phi) is 9.26. The fourth-order valence-electron chi connectivity index (χ4n) is 2.70. The maximum Gasteiger partial charge on any atom is 0.266 e. The average molecular weight is 457 g/mol. The number of halogens is 1. The summed E-state index contributed by atoms with van der Waals surface area (Å²) in [5, 5.41) is 12.1. The maximum absolute atomic E-state index is 12.4. The van der Waals surface area contributed by atoms with Crippen molar-refractivity contribution < 1.29 is 14.3 Å². The van der Waals surface area contributed by atoms with Gasteiger partial charge in [0.15, 0.2) is 11.5 Å². The van der Waals surface area contributed by atoms with Crippen LogP contribution in [0.2, 0.25) is 0 Å². The SMILES string of the molecule is CCCCCCOc1c(Br)cc(/C=C(\C#N)C(=O)Nc2ccccc2)cc1OC. The van der Waals surface area contributed by atoms with Crippen molar-refractivity contribution in [2.24, 2.45) is 0 Å². The molecule has 0 heterocycles. The van der Waals surface area contributed by atoms with Gasteiger partial charge in [-0.2, -0.15) is 5.26 Å². The molecule has 0 atom stereocenters. The third-order valence-electron chi connectivity index (χ3n) is 4.20. The number of nitrogens with one attached hydrogen (secondary N) is 1. The van der Waals surface area contributed by atoms with Gasteiger partial charge in [-0.3, -0.25) is 4.79 Å². The number of para-hydroxylation sites is 1. The standard InChI is InChI=1S/C23H25BrN2O3/c1-3-4-5-9-12-29-22-20(24)14-17(15-21(22)28-2)13-18(16-25)23(27)26-19-10-7-6-8-11-19/h6-8,10-11,13-15H,3-5,9,12H2,1-2H3,(H,26,27)/b18-13+. The molecule has 2 rings (SSSR count). The zero-order valence-electron chi connectivity index (χ0n) is 16.7. The highest BCUT2D eigenvalue weighted by Gasteiger charge is 2.14. The van der Waals surface area contributed by atoms with Crippen LogP contribution in [-0.4, -0.2) is 19.6 Å². The van der Waals surface area contributed by atoms with Crippen molar-refractivity contribution in [2.75, 3.05) is 19.0 Å². The number of ether oxygens (including phenoxy) is 2. The number of unbranched alkanes of at least 4 members (excludes halogenated alkanes) is 3. The monoisotopic (exact) mass is 456 g/mol. The van der Waals surface area contributed by atoms with E-state index in [1.54, 1.807) is 31.4 Å². The summed E-state index contributed by atoms with van der Waals surface area (Å²) in [6.45, 7) is 2.77. The molecule has 0 aliphatic rings. The van der Waals surface area contributed by atoms with Crippen molar-refractivity contribution in [1.29, 1.82) is 5.26 Å². The Morgan fingerprint density at radius 1 is 1.21 bits per heavy atom. The van der Waals surface area contributed by atoms with Crippen LogP contribution in [0.1, 0.15) is 38.2 Å². The lowest BCUT2D eigenvalue weighted by atomic mass is 10.1. The van der Waals surface area contributed by atoms with Crippen molar-refractivity contribution in [2.45, 2.75) is 32.6 Å². The quantitative estimate of drug-likeness (QED) is 0.271. The van der Waals surface area contributed by atoms with Crippen LogP contribution in [0.4, 0.5) is 5.69 Å². The number of carbonyl (C=O) groups excluding carboxylic acids is 1. The second kappa shape index (κ2) is 11.9. The molecule has 6 heteroatoms. The van der Waals surface area contributed by atoms with Gasteiger partial charge in [-0.15, -0.1) is 0 Å². The number of hydrogen-bond donors (Lipinski definition) is 1. The molecule has 0 aromatic heterocycles. The number of benzene rings is 2. The molecule has 0 aliphatic carbocycles. The summed E-state index contributed by atoms with van der Waals surface area (Å²) < 4.78 is 12.0. The molecule has 2 aromatic rings. The van der Waals surface area contributed by atoms with E-state index in [1.165, 1.54) is 18.9 Å². The maximum atomic E-state index is 12.4. The van der Waals surface area contributed by atoms with E-state index in [9.17, 15) is 10.1 Å². The minimum Gasteiger partial charge on any atom is -0.493 e. The Morgan fingerprint density at radius 2 is 1.97 bits per heavy atom. The normalized spacial score (nSPS) is 10.9. The molecule has 2 aromatic carbocycles. The number of hydrogen-bond acceptors (Lipinski definition) is 4. The second-order valence-electron chi connectivity index (χ2n) is 6.43. The van der Waals surface area contributed by atoms with E-state index in [-0.39, 0.29) is 5.57 Å². The van der Waals surface area contributed by atoms with Crippen LogP contribution in [0.25, 0.3) is 6.08 Å². The lowest BCUT2D eigenvalue weighted by molar-refractivity contribution is -0.112. The zero-order chi connectivity index (χ0) is 21.1. The zero-order valence-corrected chi connectivity index (χ0v) is 18.3. The van der Waals surface area contributed by atoms with Crippen molar-refractivity contribution in [3.8, 4) is 17.6 Å². The van der Waals surface area contributed by atoms with Crippen LogP contribution in [0.15, 0.2) is 52.5 Å². The topological polar surface area (TPSA) is 71.3 Å². The molecule has 29 heavy (non-hydrogen) atoms. The van der Waals surface area contributed by atoms with Gasteiger partial charge < -0.3 is 14.8 Å². The van der Waals surface area contributed by atoms with Gasteiger partial charge >= 0.3 is 0 Å². The van der Waals surface area contributed by atoms with E-state index >= 15 is 0 Å². The van der Waals surface area contributed by atoms with Crippen molar-refractivity contribution in [3.63, 3.8) is 0 Å². The molecule has 0 unspecified atom stereocenters. The summed E-state index contributed by atoms with van der Waals surface area (Å²) >= 11 is 3.51. The summed E-state index contributed by atoms with van der Waals surface area (Å²) in [5.74, 6) is 0.695. The molecular weight excluding hydrogens is 432 g/mol. The first-order valence-electron chi connectivity index (χ1n) is 9.57. The largest absolute Gasteiger partial charge is 0.493 e. The predicted octanol–water partition coefficient (Wildman–Crippen LogP) is 5.96. The van der Waals surface area contributed by atoms with Crippen LogP contribution in [-0.2, 0) is 4.79 Å². The smallest absolute Gasteiger partial charge is 0.266 e. The lowest BCUT2D eigenvalue weighted by Crippen LogP contribution is -2.13. The third-order valence-corrected chi connectivity index (χ3v) is 4.79. The molecule has 152 valence electrons. The van der Waals surface area contributed by atoms with Gasteiger partial charge in [0.05, 0.1) is 18.2 Å². The van der Waals surface area contributed by atoms with E-state index in [2.05, 4.69) is 28.2 Å². The Hall–Kier alpha value is -2.78. The number of carbonyl (C=O) groups is 1. The van der Waals surface area contributed by atoms with Crippen LogP contribution >= 0.6 is 15.9 Å². The number of methoxy groups -OCH3 is 1. The summed E-state index contributed by atoms with van der Waals surface area (Å²) in [4.78, 5) is 12.4. The summed E-state index contributed by atoms with van der Waals surface area (Å²) in [6.07, 6.45) is 5.99. The van der Waals surface area contributed by atoms with Gasteiger partial charge in [0.1, 0.15) is 11.6 Å². The highest BCUT2D eigenvalue weighted by molar-refractivity contribution is 9.10. The van der Waals surface area contributed by atoms with Crippen molar-refractivity contribution in [1.82, 2.24) is 0 Å². The highest BCUT2D eigenvalue weighted by Crippen LogP contribution is 2.37. The Morgan fingerprint density at radius 3 is 2.62 bits per heavy atom. The van der Waals surface area contributed by atoms with Crippen LogP contribution in [0.3, 0.4) is 0 Å². The van der Waals surface area contributed by atoms with Crippen molar-refractivity contribution >= 4 is 33.6 Å². The fourth-order valence-corrected chi connectivity index (χ4v) is 3.28. The van der Waals surface area contributed by atoms with Crippen LogP contribution < -0.4 is 14.8 Å². The summed E-state index contributed by atoms with van der Waals surface area (Å²) in [6, 6.07) is 14.5. The van der Waals surface area contributed by atoms with Gasteiger partial charge in [-0.05, 0) is 58.3 Å². The Bertz CT molecular complexity index is 889. The van der Waals surface area contributed by atoms with E-state index < -0.39 is 5.91 Å². The first-order valence-corrected chi connectivity index (χ1v) is 10.4. The highest BCUT2D eigenvalue weighted by atomic mass is 79.9. The minimum absolute atomic E-state index is 0.00367. The minimum atomic E-state index is -0.468. The van der Waals surface area contributed by atoms with Crippen molar-refractivity contribution in [3.05, 3.63) is 58.1 Å². The molecule has 0 saturated carbocycles. The number of nitriles is 1. The van der Waals surface area contributed by atoms with Gasteiger partial charge in [0, 0.05) is 5.69 Å². The fraction of sp³-hybridized carbons (Fsp3) is 0.304. The second-order valence-corrected chi connectivity index (χ2v) is 7.29. The molecular formula is C23H25BrN2O3. The molecule has 1 amide bonds. The summed E-state index contributed by atoms with van der Waals surface area (Å²) in [5.41, 5.74) is 1.28. The van der Waals surface area contributed by atoms with E-state index in [0.29, 0.717) is 33.8 Å². The molecule has 0 spiro atoms. The van der Waals surface area contributed by atoms with E-state index in [0.717, 1.165) is 12.8 Å². The van der Waals surface area contributed by atoms with Crippen LogP contribution in [0, 0.1) is 11.3 Å². The molecule has 5 nitrogen and oxygen atoms in total. The molecule has 0 fully saturated rings. The third kappa shape index (κ3) is 6.95. The lowest BCUT2D eigenvalue weighted by Gasteiger charge is -2.13. The van der Waals surface area contributed by atoms with E-state index in [4.69, 9.17) is 9.47 Å². The Balaban J connectivity index is 2.16. The Labute approximate surface area is 180 Å². The molecule has 0 bridgehead atoms. The number of anilines is 1. The van der Waals surface area contributed by atoms with Gasteiger partial charge in [-0.25, -0.2) is 0 Å².